The van der Waals surface area contributed by atoms with Crippen LogP contribution in [0.25, 0.3) is 21.9 Å². The average molecular weight is 401 g/mol. The van der Waals surface area contributed by atoms with Crippen LogP contribution < -0.4 is 10.1 Å². The van der Waals surface area contributed by atoms with E-state index in [0.717, 1.165) is 30.2 Å². The lowest BCUT2D eigenvalue weighted by Gasteiger charge is -2.10. The van der Waals surface area contributed by atoms with Crippen molar-refractivity contribution in [1.29, 1.82) is 0 Å². The number of hydrogen-bond acceptors (Lipinski definition) is 4. The lowest BCUT2D eigenvalue weighted by atomic mass is 10.0. The number of aromatic nitrogens is 1. The maximum absolute atomic E-state index is 5.47. The Morgan fingerprint density at radius 3 is 2.66 bits per heavy atom. The number of nitrogens with one attached hydrogen (secondary N) is 1. The van der Waals surface area contributed by atoms with Crippen LogP contribution in [0.1, 0.15) is 5.56 Å². The quantitative estimate of drug-likeness (QED) is 0.300. The Morgan fingerprint density at radius 1 is 0.931 bits per heavy atom. The molecule has 0 amide bonds. The van der Waals surface area contributed by atoms with E-state index >= 15 is 0 Å². The molecule has 0 radical (unpaired) electrons. The fourth-order valence-corrected chi connectivity index (χ4v) is 4.35. The zero-order chi connectivity index (χ0) is 19.9. The van der Waals surface area contributed by atoms with Gasteiger partial charge in [0.25, 0.3) is 0 Å². The van der Waals surface area contributed by atoms with E-state index in [0.29, 0.717) is 0 Å². The van der Waals surface area contributed by atoms with Crippen LogP contribution in [-0.2, 0) is 6.54 Å². The molecule has 29 heavy (non-hydrogen) atoms. The van der Waals surface area contributed by atoms with Crippen molar-refractivity contribution >= 4 is 22.5 Å². The molecule has 4 aromatic rings. The molecule has 0 atom stereocenters. The first kappa shape index (κ1) is 19.5. The number of para-hydroxylation sites is 1. The van der Waals surface area contributed by atoms with Crippen LogP contribution in [-0.4, -0.2) is 24.4 Å². The summed E-state index contributed by atoms with van der Waals surface area (Å²) in [4.78, 5) is 5.52. The van der Waals surface area contributed by atoms with Gasteiger partial charge in [0.15, 0.2) is 0 Å². The monoisotopic (exact) mass is 400 g/mol. The van der Waals surface area contributed by atoms with Crippen molar-refractivity contribution in [3.8, 4) is 16.9 Å². The molecule has 1 aromatic heterocycles. The van der Waals surface area contributed by atoms with Crippen molar-refractivity contribution in [2.75, 3.05) is 19.4 Å². The standard InChI is InChI=1S/C25H24N2OS/c1-28-24-7-3-2-6-22(24)20-11-9-19(10-12-20)17-27-15-16-29-25-8-4-5-21-18-26-14-13-23(21)25/h2-14,18,27H,15-17H2,1H3. The summed E-state index contributed by atoms with van der Waals surface area (Å²) in [6.07, 6.45) is 3.78. The van der Waals surface area contributed by atoms with Gasteiger partial charge in [-0.3, -0.25) is 4.98 Å². The molecule has 0 unspecified atom stereocenters. The third-order valence-corrected chi connectivity index (χ3v) is 5.95. The van der Waals surface area contributed by atoms with E-state index in [2.05, 4.69) is 64.9 Å². The van der Waals surface area contributed by atoms with Gasteiger partial charge in [-0.1, -0.05) is 54.6 Å². The lowest BCUT2D eigenvalue weighted by Crippen LogP contribution is -2.16. The zero-order valence-electron chi connectivity index (χ0n) is 16.5. The van der Waals surface area contributed by atoms with Crippen molar-refractivity contribution in [3.63, 3.8) is 0 Å². The summed E-state index contributed by atoms with van der Waals surface area (Å²) in [5.41, 5.74) is 3.58. The Bertz CT molecular complexity index is 1070. The first-order valence-corrected chi connectivity index (χ1v) is 10.7. The molecule has 1 N–H and O–H groups in total. The smallest absolute Gasteiger partial charge is 0.126 e. The van der Waals surface area contributed by atoms with Gasteiger partial charge in [0, 0.05) is 47.1 Å². The lowest BCUT2D eigenvalue weighted by molar-refractivity contribution is 0.416. The van der Waals surface area contributed by atoms with Crippen LogP contribution in [0.2, 0.25) is 0 Å². The Kier molecular flexibility index (Phi) is 6.45. The average Bonchev–Trinajstić information content (AvgIpc) is 2.79. The van der Waals surface area contributed by atoms with Crippen molar-refractivity contribution in [2.24, 2.45) is 0 Å². The number of fused-ring (bicyclic) bond motifs is 1. The molecule has 0 aliphatic carbocycles. The van der Waals surface area contributed by atoms with Crippen LogP contribution >= 0.6 is 11.8 Å². The zero-order valence-corrected chi connectivity index (χ0v) is 17.3. The van der Waals surface area contributed by atoms with E-state index in [1.165, 1.54) is 26.8 Å². The molecule has 0 aliphatic rings. The van der Waals surface area contributed by atoms with Gasteiger partial charge in [-0.15, -0.1) is 11.8 Å². The summed E-state index contributed by atoms with van der Waals surface area (Å²) in [6.45, 7) is 1.83. The van der Waals surface area contributed by atoms with E-state index < -0.39 is 0 Å². The van der Waals surface area contributed by atoms with Gasteiger partial charge in [-0.05, 0) is 34.7 Å². The molecule has 0 spiro atoms. The van der Waals surface area contributed by atoms with Crippen molar-refractivity contribution in [3.05, 3.63) is 90.8 Å². The number of rotatable bonds is 8. The topological polar surface area (TPSA) is 34.1 Å². The second kappa shape index (κ2) is 9.59. The molecule has 1 heterocycles. The molecule has 4 heteroatoms. The van der Waals surface area contributed by atoms with Crippen LogP contribution in [0.5, 0.6) is 5.75 Å². The highest BCUT2D eigenvalue weighted by Gasteiger charge is 2.05. The highest BCUT2D eigenvalue weighted by molar-refractivity contribution is 7.99. The van der Waals surface area contributed by atoms with E-state index in [1.807, 2.05) is 42.4 Å². The van der Waals surface area contributed by atoms with Crippen LogP contribution in [0.15, 0.2) is 90.1 Å². The SMILES string of the molecule is COc1ccccc1-c1ccc(CNCCSc2cccc3cnccc23)cc1. The Morgan fingerprint density at radius 2 is 1.79 bits per heavy atom. The first-order valence-electron chi connectivity index (χ1n) is 9.74. The predicted octanol–water partition coefficient (Wildman–Crippen LogP) is 5.79. The highest BCUT2D eigenvalue weighted by atomic mass is 32.2. The van der Waals surface area contributed by atoms with Gasteiger partial charge < -0.3 is 10.1 Å². The van der Waals surface area contributed by atoms with Crippen molar-refractivity contribution < 1.29 is 4.74 Å². The van der Waals surface area contributed by atoms with E-state index in [4.69, 9.17) is 4.74 Å². The van der Waals surface area contributed by atoms with E-state index in [-0.39, 0.29) is 0 Å². The predicted molar refractivity (Wildman–Crippen MR) is 123 cm³/mol. The fraction of sp³-hybridized carbons (Fsp3) is 0.160. The van der Waals surface area contributed by atoms with Crippen molar-refractivity contribution in [1.82, 2.24) is 10.3 Å². The summed E-state index contributed by atoms with van der Waals surface area (Å²) in [5.74, 6) is 1.93. The van der Waals surface area contributed by atoms with E-state index in [1.54, 1.807) is 7.11 Å². The third kappa shape index (κ3) is 4.78. The Hall–Kier alpha value is -2.82. The largest absolute Gasteiger partial charge is 0.496 e. The first-order chi connectivity index (χ1) is 14.3. The number of nitrogens with zero attached hydrogens (tertiary/aromatic N) is 1. The molecule has 0 fully saturated rings. The number of hydrogen-bond donors (Lipinski definition) is 1. The molecule has 0 aliphatic heterocycles. The molecule has 0 saturated heterocycles. The number of pyridine rings is 1. The van der Waals surface area contributed by atoms with Gasteiger partial charge in [0.05, 0.1) is 7.11 Å². The minimum absolute atomic E-state index is 0.867. The molecular formula is C25H24N2OS. The molecule has 0 bridgehead atoms. The molecule has 146 valence electrons. The molecular weight excluding hydrogens is 376 g/mol. The van der Waals surface area contributed by atoms with Gasteiger partial charge in [-0.25, -0.2) is 0 Å². The second-order valence-electron chi connectivity index (χ2n) is 6.78. The second-order valence-corrected chi connectivity index (χ2v) is 7.91. The summed E-state index contributed by atoms with van der Waals surface area (Å²) in [5, 5.41) is 6.02. The molecule has 3 nitrogen and oxygen atoms in total. The Balaban J connectivity index is 1.29. The molecule has 0 saturated carbocycles. The van der Waals surface area contributed by atoms with Crippen LogP contribution in [0.4, 0.5) is 0 Å². The minimum Gasteiger partial charge on any atom is -0.496 e. The maximum Gasteiger partial charge on any atom is 0.126 e. The summed E-state index contributed by atoms with van der Waals surface area (Å²) in [7, 11) is 1.71. The normalized spacial score (nSPS) is 10.9. The fourth-order valence-electron chi connectivity index (χ4n) is 3.37. The third-order valence-electron chi connectivity index (χ3n) is 4.88. The maximum atomic E-state index is 5.47. The summed E-state index contributed by atoms with van der Waals surface area (Å²) >= 11 is 1.88. The van der Waals surface area contributed by atoms with Gasteiger partial charge in [0.1, 0.15) is 5.75 Å². The highest BCUT2D eigenvalue weighted by Crippen LogP contribution is 2.29. The number of benzene rings is 3. The van der Waals surface area contributed by atoms with E-state index in [9.17, 15) is 0 Å². The van der Waals surface area contributed by atoms with Gasteiger partial charge in [0.2, 0.25) is 0 Å². The van der Waals surface area contributed by atoms with Crippen molar-refractivity contribution in [2.45, 2.75) is 11.4 Å². The summed E-state index contributed by atoms with van der Waals surface area (Å²) in [6, 6.07) is 25.3. The Labute approximate surface area is 176 Å². The molecule has 3 aromatic carbocycles. The van der Waals surface area contributed by atoms with Gasteiger partial charge >= 0.3 is 0 Å². The van der Waals surface area contributed by atoms with Crippen LogP contribution in [0, 0.1) is 0 Å². The number of methoxy groups -OCH3 is 1. The molecule has 4 rings (SSSR count). The number of ether oxygens (including phenoxy) is 1. The van der Waals surface area contributed by atoms with Crippen LogP contribution in [0.3, 0.4) is 0 Å². The summed E-state index contributed by atoms with van der Waals surface area (Å²) < 4.78 is 5.47. The van der Waals surface area contributed by atoms with Gasteiger partial charge in [-0.2, -0.15) is 0 Å². The number of thioether (sulfide) groups is 1. The minimum atomic E-state index is 0.867.